The first-order valence-electron chi connectivity index (χ1n) is 5.42. The highest BCUT2D eigenvalue weighted by Crippen LogP contribution is 2.25. The fourth-order valence-electron chi connectivity index (χ4n) is 1.86. The summed E-state index contributed by atoms with van der Waals surface area (Å²) >= 11 is 0. The molecule has 0 aliphatic rings. The molecular formula is C12H8FN5O. The fourth-order valence-corrected chi connectivity index (χ4v) is 1.86. The molecule has 0 radical (unpaired) electrons. The van der Waals surface area contributed by atoms with Crippen molar-refractivity contribution in [3.05, 3.63) is 48.3 Å². The summed E-state index contributed by atoms with van der Waals surface area (Å²) in [6, 6.07) is 4.76. The third-order valence-electron chi connectivity index (χ3n) is 2.65. The van der Waals surface area contributed by atoms with Crippen LogP contribution in [0.5, 0.6) is 0 Å². The topological polar surface area (TPSA) is 86.2 Å². The normalized spacial score (nSPS) is 10.8. The number of pyridine rings is 1. The van der Waals surface area contributed by atoms with Gasteiger partial charge >= 0.3 is 0 Å². The molecule has 6 nitrogen and oxygen atoms in total. The number of carbonyl (C=O) groups excluding carboxylic acids is 1. The Labute approximate surface area is 106 Å². The summed E-state index contributed by atoms with van der Waals surface area (Å²) in [5.41, 5.74) is 6.12. The van der Waals surface area contributed by atoms with Crippen LogP contribution in [0, 0.1) is 5.82 Å². The highest BCUT2D eigenvalue weighted by molar-refractivity contribution is 5.98. The summed E-state index contributed by atoms with van der Waals surface area (Å²) in [5, 5.41) is 3.99. The molecule has 0 spiro atoms. The summed E-state index contributed by atoms with van der Waals surface area (Å²) in [6.07, 6.45) is 3.96. The number of hydrogen-bond acceptors (Lipinski definition) is 4. The molecule has 0 saturated heterocycles. The Morgan fingerprint density at radius 1 is 1.32 bits per heavy atom. The maximum absolute atomic E-state index is 13.8. The quantitative estimate of drug-likeness (QED) is 0.742. The standard InChI is InChI=1S/C12H8FN5O/c13-8-6-15-5-3-7(8)10-11(12(14)19)18-9(17-10)2-1-4-16-18/h1-6H,(H2,14,19). The van der Waals surface area contributed by atoms with Crippen LogP contribution < -0.4 is 5.73 Å². The lowest BCUT2D eigenvalue weighted by Crippen LogP contribution is -2.16. The number of amides is 1. The van der Waals surface area contributed by atoms with Gasteiger partial charge in [-0.3, -0.25) is 9.78 Å². The Kier molecular flexibility index (Phi) is 2.45. The van der Waals surface area contributed by atoms with Crippen LogP contribution >= 0.6 is 0 Å². The molecule has 3 aromatic heterocycles. The van der Waals surface area contributed by atoms with Crippen LogP contribution in [0.25, 0.3) is 16.9 Å². The molecule has 0 atom stereocenters. The van der Waals surface area contributed by atoms with E-state index in [1.54, 1.807) is 12.1 Å². The number of hydrogen-bond donors (Lipinski definition) is 1. The molecule has 1 amide bonds. The van der Waals surface area contributed by atoms with E-state index in [-0.39, 0.29) is 17.0 Å². The van der Waals surface area contributed by atoms with Crippen LogP contribution in [0.15, 0.2) is 36.8 Å². The van der Waals surface area contributed by atoms with Crippen LogP contribution in [0.4, 0.5) is 4.39 Å². The lowest BCUT2D eigenvalue weighted by atomic mass is 10.1. The molecule has 0 aliphatic heterocycles. The molecule has 0 unspecified atom stereocenters. The molecular weight excluding hydrogens is 249 g/mol. The zero-order valence-corrected chi connectivity index (χ0v) is 9.62. The van der Waals surface area contributed by atoms with E-state index in [9.17, 15) is 9.18 Å². The zero-order valence-electron chi connectivity index (χ0n) is 9.62. The van der Waals surface area contributed by atoms with Crippen molar-refractivity contribution in [3.8, 4) is 11.3 Å². The van der Waals surface area contributed by atoms with Crippen molar-refractivity contribution in [2.75, 3.05) is 0 Å². The first-order valence-corrected chi connectivity index (χ1v) is 5.42. The lowest BCUT2D eigenvalue weighted by Gasteiger charge is -2.01. The molecule has 3 heterocycles. The van der Waals surface area contributed by atoms with Gasteiger partial charge in [-0.25, -0.2) is 13.9 Å². The van der Waals surface area contributed by atoms with Crippen molar-refractivity contribution in [3.63, 3.8) is 0 Å². The van der Waals surface area contributed by atoms with Crippen LogP contribution in [0.2, 0.25) is 0 Å². The van der Waals surface area contributed by atoms with Crippen molar-refractivity contribution in [2.45, 2.75) is 0 Å². The van der Waals surface area contributed by atoms with Crippen LogP contribution in [-0.4, -0.2) is 25.5 Å². The van der Waals surface area contributed by atoms with Gasteiger partial charge in [0.15, 0.2) is 17.2 Å². The maximum atomic E-state index is 13.8. The SMILES string of the molecule is NC(=O)c1c(-c2ccncc2F)nc2cccnn12. The minimum Gasteiger partial charge on any atom is -0.364 e. The maximum Gasteiger partial charge on any atom is 0.269 e. The molecule has 2 N–H and O–H groups in total. The van der Waals surface area contributed by atoms with Crippen LogP contribution in [0.1, 0.15) is 10.5 Å². The second-order valence-electron chi connectivity index (χ2n) is 3.82. The van der Waals surface area contributed by atoms with Crippen LogP contribution in [-0.2, 0) is 0 Å². The first kappa shape index (κ1) is 11.3. The summed E-state index contributed by atoms with van der Waals surface area (Å²) < 4.78 is 15.1. The van der Waals surface area contributed by atoms with Gasteiger partial charge in [-0.1, -0.05) is 0 Å². The van der Waals surface area contributed by atoms with Gasteiger partial charge in [-0.05, 0) is 18.2 Å². The highest BCUT2D eigenvalue weighted by atomic mass is 19.1. The average molecular weight is 257 g/mol. The fraction of sp³-hybridized carbons (Fsp3) is 0. The van der Waals surface area contributed by atoms with Gasteiger partial charge in [-0.15, -0.1) is 0 Å². The number of fused-ring (bicyclic) bond motifs is 1. The minimum atomic E-state index is -0.725. The Morgan fingerprint density at radius 2 is 2.16 bits per heavy atom. The summed E-state index contributed by atoms with van der Waals surface area (Å²) in [5.74, 6) is -1.30. The van der Waals surface area contributed by atoms with E-state index in [1.165, 1.54) is 23.0 Å². The van der Waals surface area contributed by atoms with E-state index in [0.29, 0.717) is 5.65 Å². The van der Waals surface area contributed by atoms with Gasteiger partial charge < -0.3 is 5.73 Å². The number of imidazole rings is 1. The highest BCUT2D eigenvalue weighted by Gasteiger charge is 2.21. The molecule has 7 heteroatoms. The Hall–Kier alpha value is -2.83. The third kappa shape index (κ3) is 1.71. The number of rotatable bonds is 2. The number of nitrogens with zero attached hydrogens (tertiary/aromatic N) is 4. The van der Waals surface area contributed by atoms with E-state index in [2.05, 4.69) is 15.1 Å². The van der Waals surface area contributed by atoms with Crippen molar-refractivity contribution >= 4 is 11.6 Å². The predicted octanol–water partition coefficient (Wildman–Crippen LogP) is 1.03. The third-order valence-corrected chi connectivity index (χ3v) is 2.65. The van der Waals surface area contributed by atoms with E-state index >= 15 is 0 Å². The molecule has 0 fully saturated rings. The number of aromatic nitrogens is 4. The van der Waals surface area contributed by atoms with Gasteiger partial charge in [-0.2, -0.15) is 5.10 Å². The van der Waals surface area contributed by atoms with Gasteiger partial charge in [0.25, 0.3) is 5.91 Å². The molecule has 0 saturated carbocycles. The second-order valence-corrected chi connectivity index (χ2v) is 3.82. The van der Waals surface area contributed by atoms with Gasteiger partial charge in [0, 0.05) is 18.0 Å². The van der Waals surface area contributed by atoms with Gasteiger partial charge in [0.05, 0.1) is 6.20 Å². The van der Waals surface area contributed by atoms with Gasteiger partial charge in [0.2, 0.25) is 0 Å². The number of carbonyl (C=O) groups is 1. The smallest absolute Gasteiger partial charge is 0.269 e. The number of nitrogens with two attached hydrogens (primary N) is 1. The summed E-state index contributed by atoms with van der Waals surface area (Å²) in [7, 11) is 0. The Bertz CT molecular complexity index is 783. The minimum absolute atomic E-state index is 0.0423. The molecule has 19 heavy (non-hydrogen) atoms. The Morgan fingerprint density at radius 3 is 2.89 bits per heavy atom. The lowest BCUT2D eigenvalue weighted by molar-refractivity contribution is 0.0994. The summed E-state index contributed by atoms with van der Waals surface area (Å²) in [6.45, 7) is 0. The number of primary amides is 1. The summed E-state index contributed by atoms with van der Waals surface area (Å²) in [4.78, 5) is 19.4. The van der Waals surface area contributed by atoms with E-state index in [0.717, 1.165) is 6.20 Å². The van der Waals surface area contributed by atoms with Crippen molar-refractivity contribution < 1.29 is 9.18 Å². The first-order chi connectivity index (χ1) is 9.18. The molecule has 3 aromatic rings. The van der Waals surface area contributed by atoms with Crippen molar-refractivity contribution in [2.24, 2.45) is 5.73 Å². The molecule has 0 bridgehead atoms. The monoisotopic (exact) mass is 257 g/mol. The van der Waals surface area contributed by atoms with E-state index in [1.807, 2.05) is 0 Å². The Balaban J connectivity index is 2.38. The average Bonchev–Trinajstić information content (AvgIpc) is 2.78. The van der Waals surface area contributed by atoms with E-state index in [4.69, 9.17) is 5.73 Å². The predicted molar refractivity (Wildman–Crippen MR) is 64.7 cm³/mol. The molecule has 0 aliphatic carbocycles. The molecule has 0 aromatic carbocycles. The van der Waals surface area contributed by atoms with E-state index < -0.39 is 11.7 Å². The van der Waals surface area contributed by atoms with Crippen molar-refractivity contribution in [1.29, 1.82) is 0 Å². The van der Waals surface area contributed by atoms with Crippen molar-refractivity contribution in [1.82, 2.24) is 19.6 Å². The second kappa shape index (κ2) is 4.13. The molecule has 94 valence electrons. The molecule has 3 rings (SSSR count). The largest absolute Gasteiger partial charge is 0.364 e. The number of halogens is 1. The zero-order chi connectivity index (χ0) is 13.4. The van der Waals surface area contributed by atoms with Crippen LogP contribution in [0.3, 0.4) is 0 Å². The van der Waals surface area contributed by atoms with Gasteiger partial charge in [0.1, 0.15) is 5.69 Å².